The van der Waals surface area contributed by atoms with E-state index in [4.69, 9.17) is 0 Å². The molecule has 0 aliphatic rings. The summed E-state index contributed by atoms with van der Waals surface area (Å²) in [6.45, 7) is 0. The second kappa shape index (κ2) is 18.1. The summed E-state index contributed by atoms with van der Waals surface area (Å²) in [7, 11) is 4.49. The van der Waals surface area contributed by atoms with Crippen molar-refractivity contribution in [1.29, 1.82) is 0 Å². The Morgan fingerprint density at radius 1 is 0.371 bits per heavy atom. The number of halogens is 27. The molecule has 0 N–H and O–H groups in total. The van der Waals surface area contributed by atoms with Crippen LogP contribution in [-0.4, -0.2) is 59.7 Å². The van der Waals surface area contributed by atoms with Gasteiger partial charge in [-0.05, 0) is 35.8 Å². The monoisotopic (exact) mass is 1100 g/mol. The van der Waals surface area contributed by atoms with E-state index in [1.54, 1.807) is 0 Å². The van der Waals surface area contributed by atoms with Gasteiger partial charge in [0.2, 0.25) is 0 Å². The molecule has 0 saturated heterocycles. The van der Waals surface area contributed by atoms with Crippen molar-refractivity contribution in [2.45, 2.75) is 92.9 Å². The van der Waals surface area contributed by atoms with E-state index in [0.29, 0.717) is 47.8 Å². The Hall–Kier alpha value is -2.51. The van der Waals surface area contributed by atoms with Crippen LogP contribution in [0.5, 0.6) is 0 Å². The van der Waals surface area contributed by atoms with E-state index in [1.165, 1.54) is 18.2 Å². The summed E-state index contributed by atoms with van der Waals surface area (Å²) in [5.41, 5.74) is -3.88. The van der Waals surface area contributed by atoms with Gasteiger partial charge in [0.25, 0.3) is 0 Å². The minimum absolute atomic E-state index is 0.0545. The van der Waals surface area contributed by atoms with Crippen molar-refractivity contribution < 1.29 is 132 Å². The second-order valence-corrected chi connectivity index (χ2v) is 14.2. The topological polar surface area (TPSA) is 0 Å². The van der Waals surface area contributed by atoms with Gasteiger partial charge in [0.15, 0.2) is 0 Å². The molecular formula is C32H15ClF26PdS2. The fraction of sp³-hybridized carbons (Fsp3) is 0.438. The first-order valence-electron chi connectivity index (χ1n) is 15.1. The van der Waals surface area contributed by atoms with Crippen LogP contribution in [0.4, 0.5) is 114 Å². The van der Waals surface area contributed by atoms with Crippen molar-refractivity contribution in [3.63, 3.8) is 0 Å². The minimum atomic E-state index is -8.08. The van der Waals surface area contributed by atoms with Gasteiger partial charge < -0.3 is 0 Å². The van der Waals surface area contributed by atoms with Crippen LogP contribution in [0.25, 0.3) is 0 Å². The van der Waals surface area contributed by atoms with Gasteiger partial charge in [0, 0.05) is 20.9 Å². The van der Waals surface area contributed by atoms with Crippen LogP contribution in [0.3, 0.4) is 0 Å². The van der Waals surface area contributed by atoms with E-state index in [1.807, 2.05) is 0 Å². The number of thioether (sulfide) groups is 2. The van der Waals surface area contributed by atoms with Crippen molar-refractivity contribution in [1.82, 2.24) is 0 Å². The third kappa shape index (κ3) is 9.43. The molecule has 30 heteroatoms. The average Bonchev–Trinajstić information content (AvgIpc) is 3.16. The molecule has 0 unspecified atom stereocenters. The Labute approximate surface area is 352 Å². The molecule has 0 heterocycles. The molecule has 0 amide bonds. The fourth-order valence-corrected chi connectivity index (χ4v) is 6.16. The summed E-state index contributed by atoms with van der Waals surface area (Å²) in [5, 5.41) is 0. The van der Waals surface area contributed by atoms with Crippen molar-refractivity contribution in [3.8, 4) is 0 Å². The van der Waals surface area contributed by atoms with Crippen LogP contribution in [0, 0.1) is 6.07 Å². The van der Waals surface area contributed by atoms with Gasteiger partial charge >= 0.3 is 99.3 Å². The van der Waals surface area contributed by atoms with Crippen molar-refractivity contribution >= 4 is 33.1 Å². The zero-order valence-electron chi connectivity index (χ0n) is 28.6. The van der Waals surface area contributed by atoms with Gasteiger partial charge in [-0.2, -0.15) is 138 Å². The first-order chi connectivity index (χ1) is 27.6. The van der Waals surface area contributed by atoms with Gasteiger partial charge in [-0.1, -0.05) is 24.3 Å². The molecule has 0 aromatic heterocycles. The summed E-state index contributed by atoms with van der Waals surface area (Å²) in [5.74, 6) is -76.4. The van der Waals surface area contributed by atoms with Crippen LogP contribution in [0.15, 0.2) is 76.5 Å². The van der Waals surface area contributed by atoms with E-state index >= 15 is 0 Å². The number of benzene rings is 3. The Morgan fingerprint density at radius 2 is 0.613 bits per heavy atom. The van der Waals surface area contributed by atoms with Crippen molar-refractivity contribution in [2.24, 2.45) is 0 Å². The maximum atomic E-state index is 14.5. The molecule has 0 fully saturated rings. The van der Waals surface area contributed by atoms with Gasteiger partial charge in [0.05, 0.1) is 0 Å². The standard InChI is InChI=1S/C32H15F26S2.ClH.Pd/c33-21(34,23(37,38)25(41,42)27(45,46)29(49,50)31(53,54)55)17-4-8-19(9-5-17)59-13-15-2-1-3-16(12-15)14-60-20-10-6-18(7-11-20)22(35,36)24(39,40)26(43,44)28(47,48)30(51,52)32(56,57)58;;/h2-12H,13-14H2;1H;/q-1;;+2/p-1. The quantitative estimate of drug-likeness (QED) is 0.0607. The third-order valence-electron chi connectivity index (χ3n) is 8.02. The SMILES string of the molecule is FC(F)(F)C(F)(F)C(F)(F)C(F)(F)C(F)(F)C(F)(F)c1ccc(SCc2c[c-]cc(CSc3ccc(C(F)(F)C(F)(F)C(F)(F)C(F)(F)C(F)(F)C(F)(F)F)cc3)c2)cc1.[Cl][Pd+]. The molecule has 0 nitrogen and oxygen atoms in total. The molecule has 0 aliphatic carbocycles. The number of hydrogen-bond acceptors (Lipinski definition) is 2. The predicted octanol–water partition coefficient (Wildman–Crippen LogP) is 15.1. The predicted molar refractivity (Wildman–Crippen MR) is 163 cm³/mol. The number of alkyl halides is 26. The molecule has 0 radical (unpaired) electrons. The van der Waals surface area contributed by atoms with E-state index < -0.39 is 82.7 Å². The molecule has 354 valence electrons. The number of rotatable bonds is 16. The Balaban J connectivity index is 0.00000651. The van der Waals surface area contributed by atoms with Gasteiger partial charge in [-0.15, -0.1) is 34.7 Å². The molecule has 0 atom stereocenters. The van der Waals surface area contributed by atoms with E-state index in [-0.39, 0.29) is 56.7 Å². The summed E-state index contributed by atoms with van der Waals surface area (Å²) in [6, 6.07) is 8.31. The molecule has 0 bridgehead atoms. The number of hydrogen-bond donors (Lipinski definition) is 0. The van der Waals surface area contributed by atoms with Crippen LogP contribution in [0.1, 0.15) is 22.3 Å². The Kier molecular flexibility index (Phi) is 16.2. The molecule has 3 aromatic rings. The molecule has 62 heavy (non-hydrogen) atoms. The van der Waals surface area contributed by atoms with Crippen LogP contribution < -0.4 is 0 Å². The second-order valence-electron chi connectivity index (χ2n) is 12.1. The Morgan fingerprint density at radius 3 is 0.855 bits per heavy atom. The average molecular weight is 1100 g/mol. The zero-order chi connectivity index (χ0) is 48.8. The summed E-state index contributed by atoms with van der Waals surface area (Å²) in [4.78, 5) is -0.312. The molecule has 0 spiro atoms. The fourth-order valence-electron chi connectivity index (χ4n) is 4.50. The third-order valence-corrected chi connectivity index (χ3v) is 10.2. The van der Waals surface area contributed by atoms with Gasteiger partial charge in [0.1, 0.15) is 0 Å². The summed E-state index contributed by atoms with van der Waals surface area (Å²) < 4.78 is 350. The summed E-state index contributed by atoms with van der Waals surface area (Å²) in [6.07, 6.45) is -15.2. The molecule has 3 rings (SSSR count). The van der Waals surface area contributed by atoms with Crippen LogP contribution in [-0.2, 0) is 41.5 Å². The van der Waals surface area contributed by atoms with Crippen molar-refractivity contribution in [2.75, 3.05) is 0 Å². The normalized spacial score (nSPS) is 14.7. The van der Waals surface area contributed by atoms with E-state index in [2.05, 4.69) is 33.8 Å². The van der Waals surface area contributed by atoms with Gasteiger partial charge in [-0.25, -0.2) is 0 Å². The van der Waals surface area contributed by atoms with Crippen LogP contribution >= 0.6 is 33.1 Å². The Bertz CT molecular complexity index is 1820. The van der Waals surface area contributed by atoms with E-state index in [0.717, 1.165) is 0 Å². The molecular weight excluding hydrogens is 1080 g/mol. The molecule has 0 aliphatic heterocycles. The summed E-state index contributed by atoms with van der Waals surface area (Å²) >= 11 is 3.56. The van der Waals surface area contributed by atoms with Crippen molar-refractivity contribution in [3.05, 3.63) is 95.1 Å². The first kappa shape index (κ1) is 55.6. The molecule has 0 saturated carbocycles. The molecule has 3 aromatic carbocycles. The van der Waals surface area contributed by atoms with Crippen LogP contribution in [0.2, 0.25) is 0 Å². The first-order valence-corrected chi connectivity index (χ1v) is 19.1. The van der Waals surface area contributed by atoms with E-state index in [9.17, 15) is 114 Å². The maximum absolute atomic E-state index is 14.5. The zero-order valence-corrected chi connectivity index (χ0v) is 32.5. The van der Waals surface area contributed by atoms with Gasteiger partial charge in [-0.3, -0.25) is 0 Å².